The average molecular weight is 443 g/mol. The molecule has 30 heavy (non-hydrogen) atoms. The van der Waals surface area contributed by atoms with Crippen molar-refractivity contribution in [2.24, 2.45) is 59.2 Å². The van der Waals surface area contributed by atoms with E-state index in [1.807, 2.05) is 0 Å². The van der Waals surface area contributed by atoms with Gasteiger partial charge in [0.2, 0.25) is 0 Å². The van der Waals surface area contributed by atoms with Crippen LogP contribution in [-0.2, 0) is 0 Å². The van der Waals surface area contributed by atoms with Gasteiger partial charge in [0, 0.05) is 21.0 Å². The van der Waals surface area contributed by atoms with Crippen LogP contribution in [0.2, 0.25) is 0 Å². The predicted molar refractivity (Wildman–Crippen MR) is 130 cm³/mol. The SMILES string of the molecule is C1CCC2C(C1)SC1C3CC4CC5CC6C7CCCCC7SC6C5CC4CC3CC21. The second kappa shape index (κ2) is 7.10. The summed E-state index contributed by atoms with van der Waals surface area (Å²) >= 11 is 5.06. The molecule has 14 atom stereocenters. The van der Waals surface area contributed by atoms with Crippen molar-refractivity contribution < 1.29 is 0 Å². The van der Waals surface area contributed by atoms with Crippen LogP contribution in [0.15, 0.2) is 0 Å². The molecule has 0 amide bonds. The molecule has 0 N–H and O–H groups in total. The standard InChI is InChI=1S/C28H42S2/c1-3-7-25-19(5-1)23-13-17-9-15-12-22-18(10-16(15)11-21(17)27(23)29-25)14-24-20-6-2-4-8-26(20)30-28(22)24/h15-28H,1-14H2. The van der Waals surface area contributed by atoms with Gasteiger partial charge in [0.1, 0.15) is 0 Å². The first-order chi connectivity index (χ1) is 14.8. The molecule has 0 radical (unpaired) electrons. The lowest BCUT2D eigenvalue weighted by Crippen LogP contribution is -2.40. The van der Waals surface area contributed by atoms with Crippen molar-refractivity contribution in [1.29, 1.82) is 0 Å². The first-order valence-electron chi connectivity index (χ1n) is 14.1. The fourth-order valence-electron chi connectivity index (χ4n) is 11.3. The maximum Gasteiger partial charge on any atom is 0.0112 e. The van der Waals surface area contributed by atoms with E-state index in [1.165, 1.54) is 12.8 Å². The summed E-state index contributed by atoms with van der Waals surface area (Å²) in [7, 11) is 0. The summed E-state index contributed by atoms with van der Waals surface area (Å²) in [6.07, 6.45) is 22.5. The van der Waals surface area contributed by atoms with Crippen LogP contribution in [0, 0.1) is 59.2 Å². The molecule has 14 unspecified atom stereocenters. The molecule has 6 aliphatic carbocycles. The number of hydrogen-bond donors (Lipinski definition) is 0. The molecule has 0 spiro atoms. The Hall–Kier alpha value is 0.700. The topological polar surface area (TPSA) is 0 Å². The van der Waals surface area contributed by atoms with E-state index >= 15 is 0 Å². The first-order valence-corrected chi connectivity index (χ1v) is 16.0. The molecule has 8 rings (SSSR count). The minimum Gasteiger partial charge on any atom is -0.154 e. The summed E-state index contributed by atoms with van der Waals surface area (Å²) in [5, 5.41) is 4.36. The Morgan fingerprint density at radius 1 is 0.367 bits per heavy atom. The van der Waals surface area contributed by atoms with Gasteiger partial charge in [0.05, 0.1) is 0 Å². The van der Waals surface area contributed by atoms with Gasteiger partial charge >= 0.3 is 0 Å². The first kappa shape index (κ1) is 19.1. The molecular weight excluding hydrogens is 400 g/mol. The van der Waals surface area contributed by atoms with E-state index in [9.17, 15) is 0 Å². The van der Waals surface area contributed by atoms with E-state index in [0.717, 1.165) is 80.2 Å². The third kappa shape index (κ3) is 2.68. The van der Waals surface area contributed by atoms with Gasteiger partial charge < -0.3 is 0 Å². The third-order valence-corrected chi connectivity index (χ3v) is 16.2. The molecule has 2 heterocycles. The van der Waals surface area contributed by atoms with Crippen LogP contribution in [-0.4, -0.2) is 21.0 Å². The molecule has 8 fully saturated rings. The zero-order chi connectivity index (χ0) is 19.4. The second-order valence-corrected chi connectivity index (χ2v) is 16.1. The van der Waals surface area contributed by atoms with Gasteiger partial charge in [0.25, 0.3) is 0 Å². The summed E-state index contributed by atoms with van der Waals surface area (Å²) in [6.45, 7) is 0. The lowest BCUT2D eigenvalue weighted by Gasteiger charge is -2.47. The van der Waals surface area contributed by atoms with Gasteiger partial charge in [-0.3, -0.25) is 0 Å². The van der Waals surface area contributed by atoms with Crippen molar-refractivity contribution in [3.05, 3.63) is 0 Å². The quantitative estimate of drug-likeness (QED) is 0.377. The Balaban J connectivity index is 0.999. The highest BCUT2D eigenvalue weighted by molar-refractivity contribution is 8.01. The maximum atomic E-state index is 2.53. The van der Waals surface area contributed by atoms with Crippen LogP contribution >= 0.6 is 23.5 Å². The van der Waals surface area contributed by atoms with Crippen molar-refractivity contribution in [3.63, 3.8) is 0 Å². The number of hydrogen-bond acceptors (Lipinski definition) is 2. The van der Waals surface area contributed by atoms with Crippen molar-refractivity contribution in [2.45, 2.75) is 111 Å². The monoisotopic (exact) mass is 442 g/mol. The van der Waals surface area contributed by atoms with Crippen LogP contribution in [0.4, 0.5) is 0 Å². The van der Waals surface area contributed by atoms with E-state index in [1.54, 1.807) is 77.0 Å². The molecule has 2 saturated heterocycles. The molecule has 8 aliphatic rings. The zero-order valence-corrected chi connectivity index (χ0v) is 20.4. The van der Waals surface area contributed by atoms with Gasteiger partial charge in [-0.05, 0) is 123 Å². The molecule has 2 heteroatoms. The van der Waals surface area contributed by atoms with Crippen LogP contribution < -0.4 is 0 Å². The molecule has 0 bridgehead atoms. The van der Waals surface area contributed by atoms with E-state index in [0.29, 0.717) is 0 Å². The highest BCUT2D eigenvalue weighted by Crippen LogP contribution is 2.68. The predicted octanol–water partition coefficient (Wildman–Crippen LogP) is 7.66. The van der Waals surface area contributed by atoms with E-state index in [4.69, 9.17) is 0 Å². The van der Waals surface area contributed by atoms with Crippen molar-refractivity contribution in [2.75, 3.05) is 0 Å². The van der Waals surface area contributed by atoms with Crippen LogP contribution in [0.3, 0.4) is 0 Å². The molecule has 6 saturated carbocycles. The highest BCUT2D eigenvalue weighted by atomic mass is 32.2. The van der Waals surface area contributed by atoms with Crippen LogP contribution in [0.5, 0.6) is 0 Å². The lowest BCUT2D eigenvalue weighted by atomic mass is 9.60. The molecule has 0 aromatic carbocycles. The Morgan fingerprint density at radius 3 is 1.30 bits per heavy atom. The van der Waals surface area contributed by atoms with Crippen molar-refractivity contribution >= 4 is 23.5 Å². The normalized spacial score (nSPS) is 63.2. The van der Waals surface area contributed by atoms with Gasteiger partial charge in [-0.15, -0.1) is 0 Å². The molecule has 0 nitrogen and oxygen atoms in total. The lowest BCUT2D eigenvalue weighted by molar-refractivity contribution is 0.0476. The summed E-state index contributed by atoms with van der Waals surface area (Å²) in [4.78, 5) is 0. The molecule has 2 aliphatic heterocycles. The molecular formula is C28H42S2. The van der Waals surface area contributed by atoms with Gasteiger partial charge in [-0.1, -0.05) is 25.7 Å². The van der Waals surface area contributed by atoms with Crippen LogP contribution in [0.1, 0.15) is 89.9 Å². The fraction of sp³-hybridized carbons (Fsp3) is 1.00. The zero-order valence-electron chi connectivity index (χ0n) is 18.8. The molecule has 166 valence electrons. The Morgan fingerprint density at radius 2 is 0.800 bits per heavy atom. The summed E-state index contributed by atoms with van der Waals surface area (Å²) in [6, 6.07) is 0. The summed E-state index contributed by atoms with van der Waals surface area (Å²) in [5.74, 6) is 11.4. The Labute approximate surface area is 193 Å². The number of rotatable bonds is 0. The van der Waals surface area contributed by atoms with Crippen LogP contribution in [0.25, 0.3) is 0 Å². The summed E-state index contributed by atoms with van der Waals surface area (Å²) in [5.41, 5.74) is 0. The Bertz CT molecular complexity index is 632. The van der Waals surface area contributed by atoms with Crippen molar-refractivity contribution in [3.8, 4) is 0 Å². The smallest absolute Gasteiger partial charge is 0.0112 e. The minimum atomic E-state index is 1.08. The number of fused-ring (bicyclic) bond motifs is 11. The van der Waals surface area contributed by atoms with E-state index < -0.39 is 0 Å². The summed E-state index contributed by atoms with van der Waals surface area (Å²) < 4.78 is 0. The van der Waals surface area contributed by atoms with Gasteiger partial charge in [-0.2, -0.15) is 23.5 Å². The fourth-order valence-corrected chi connectivity index (χ4v) is 15.9. The highest BCUT2D eigenvalue weighted by Gasteiger charge is 2.60. The van der Waals surface area contributed by atoms with Gasteiger partial charge in [-0.25, -0.2) is 0 Å². The van der Waals surface area contributed by atoms with Crippen molar-refractivity contribution in [1.82, 2.24) is 0 Å². The Kier molecular flexibility index (Phi) is 4.51. The molecule has 0 aromatic heterocycles. The largest absolute Gasteiger partial charge is 0.154 e. The number of thioether (sulfide) groups is 2. The van der Waals surface area contributed by atoms with E-state index in [-0.39, 0.29) is 0 Å². The molecule has 0 aromatic rings. The maximum absolute atomic E-state index is 2.53. The van der Waals surface area contributed by atoms with Gasteiger partial charge in [0.15, 0.2) is 0 Å². The minimum absolute atomic E-state index is 1.08. The van der Waals surface area contributed by atoms with E-state index in [2.05, 4.69) is 23.5 Å². The third-order valence-electron chi connectivity index (χ3n) is 12.3. The average Bonchev–Trinajstić information content (AvgIpc) is 3.49. The second-order valence-electron chi connectivity index (χ2n) is 13.3.